The van der Waals surface area contributed by atoms with E-state index in [-0.39, 0.29) is 24.1 Å². The number of alkyl halides is 1. The van der Waals surface area contributed by atoms with Crippen molar-refractivity contribution in [3.8, 4) is 0 Å². The van der Waals surface area contributed by atoms with E-state index < -0.39 is 35.9 Å². The Hall–Kier alpha value is -2.67. The van der Waals surface area contributed by atoms with Crippen LogP contribution in [0.25, 0.3) is 0 Å². The normalized spacial score (nSPS) is 20.5. The van der Waals surface area contributed by atoms with Crippen molar-refractivity contribution >= 4 is 11.6 Å². The van der Waals surface area contributed by atoms with Gasteiger partial charge in [-0.25, -0.2) is 18.2 Å². The smallest absolute Gasteiger partial charge is 0.240 e. The van der Waals surface area contributed by atoms with Crippen LogP contribution in [-0.2, 0) is 10.3 Å². The quantitative estimate of drug-likeness (QED) is 0.868. The first-order chi connectivity index (χ1) is 12.9. The number of nitrogens with zero attached hydrogens (tertiary/aromatic N) is 2. The Morgan fingerprint density at radius 1 is 1.26 bits per heavy atom. The molecule has 0 spiro atoms. The predicted octanol–water partition coefficient (Wildman–Crippen LogP) is 3.54. The van der Waals surface area contributed by atoms with Gasteiger partial charge in [-0.3, -0.25) is 4.79 Å². The molecule has 0 aliphatic carbocycles. The third kappa shape index (κ3) is 3.60. The van der Waals surface area contributed by atoms with Crippen LogP contribution in [0.2, 0.25) is 0 Å². The molecule has 3 rings (SSSR count). The van der Waals surface area contributed by atoms with E-state index in [4.69, 9.17) is 0 Å². The van der Waals surface area contributed by atoms with E-state index >= 15 is 0 Å². The minimum atomic E-state index is -1.61. The van der Waals surface area contributed by atoms with Crippen LogP contribution in [0.1, 0.15) is 30.9 Å². The van der Waals surface area contributed by atoms with Crippen LogP contribution in [0.4, 0.5) is 13.2 Å². The molecule has 4 nitrogen and oxygen atoms in total. The number of carbonyl (C=O) groups excluding carboxylic acids is 1. The summed E-state index contributed by atoms with van der Waals surface area (Å²) in [6.45, 7) is 0.558. The van der Waals surface area contributed by atoms with Crippen LogP contribution in [0.5, 0.6) is 0 Å². The van der Waals surface area contributed by atoms with Gasteiger partial charge in [-0.1, -0.05) is 30.3 Å². The lowest BCUT2D eigenvalue weighted by Gasteiger charge is -2.37. The Balaban J connectivity index is 2.13. The Morgan fingerprint density at radius 3 is 2.59 bits per heavy atom. The van der Waals surface area contributed by atoms with Gasteiger partial charge in [0.15, 0.2) is 0 Å². The van der Waals surface area contributed by atoms with Crippen LogP contribution in [0.3, 0.4) is 0 Å². The SMILES string of the molecule is CC(=O)N1N=C(c2cc(F)ccc2F)C[C@@]1(CC(F)CO)c1ccccc1. The molecule has 27 heavy (non-hydrogen) atoms. The second-order valence-corrected chi connectivity index (χ2v) is 6.56. The molecule has 1 aliphatic rings. The Morgan fingerprint density at radius 2 is 1.96 bits per heavy atom. The molecule has 1 heterocycles. The molecule has 0 fully saturated rings. The van der Waals surface area contributed by atoms with Gasteiger partial charge in [-0.05, 0) is 23.8 Å². The van der Waals surface area contributed by atoms with E-state index in [1.807, 2.05) is 0 Å². The first-order valence-electron chi connectivity index (χ1n) is 8.51. The fourth-order valence-electron chi connectivity index (χ4n) is 3.52. The van der Waals surface area contributed by atoms with Crippen molar-refractivity contribution in [2.75, 3.05) is 6.61 Å². The largest absolute Gasteiger partial charge is 0.393 e. The maximum Gasteiger partial charge on any atom is 0.240 e. The highest BCUT2D eigenvalue weighted by atomic mass is 19.1. The summed E-state index contributed by atoms with van der Waals surface area (Å²) in [6, 6.07) is 11.7. The number of amides is 1. The summed E-state index contributed by atoms with van der Waals surface area (Å²) in [5.41, 5.74) is -0.551. The second kappa shape index (κ2) is 7.52. The monoisotopic (exact) mass is 376 g/mol. The van der Waals surface area contributed by atoms with Crippen molar-refractivity contribution in [3.63, 3.8) is 0 Å². The lowest BCUT2D eigenvalue weighted by Crippen LogP contribution is -2.45. The fraction of sp³-hybridized carbons (Fsp3) is 0.300. The molecule has 7 heteroatoms. The van der Waals surface area contributed by atoms with E-state index in [1.165, 1.54) is 6.92 Å². The van der Waals surface area contributed by atoms with Crippen molar-refractivity contribution in [1.29, 1.82) is 0 Å². The number of carbonyl (C=O) groups is 1. The number of rotatable bonds is 5. The highest BCUT2D eigenvalue weighted by Crippen LogP contribution is 2.43. The van der Waals surface area contributed by atoms with E-state index in [0.717, 1.165) is 23.2 Å². The Labute approximate surface area is 154 Å². The number of hydrazone groups is 1. The van der Waals surface area contributed by atoms with Gasteiger partial charge in [-0.15, -0.1) is 0 Å². The number of aliphatic hydroxyl groups excluding tert-OH is 1. The molecule has 0 radical (unpaired) electrons. The van der Waals surface area contributed by atoms with Gasteiger partial charge in [0.05, 0.1) is 17.9 Å². The molecule has 2 aromatic carbocycles. The Bertz CT molecular complexity index is 873. The zero-order valence-electron chi connectivity index (χ0n) is 14.7. The van der Waals surface area contributed by atoms with Crippen LogP contribution in [0.15, 0.2) is 53.6 Å². The molecule has 1 aliphatic heterocycles. The van der Waals surface area contributed by atoms with Crippen LogP contribution < -0.4 is 0 Å². The van der Waals surface area contributed by atoms with E-state index in [2.05, 4.69) is 5.10 Å². The summed E-state index contributed by atoms with van der Waals surface area (Å²) in [5.74, 6) is -1.78. The average Bonchev–Trinajstić information content (AvgIpc) is 3.05. The number of hydrogen-bond donors (Lipinski definition) is 1. The predicted molar refractivity (Wildman–Crippen MR) is 94.8 cm³/mol. The molecule has 142 valence electrons. The van der Waals surface area contributed by atoms with Gasteiger partial charge < -0.3 is 5.11 Å². The third-order valence-corrected chi connectivity index (χ3v) is 4.69. The maximum absolute atomic E-state index is 14.3. The summed E-state index contributed by atoms with van der Waals surface area (Å²) in [4.78, 5) is 12.3. The zero-order chi connectivity index (χ0) is 19.6. The van der Waals surface area contributed by atoms with Crippen molar-refractivity contribution in [3.05, 3.63) is 71.3 Å². The molecule has 2 atom stereocenters. The van der Waals surface area contributed by atoms with E-state index in [0.29, 0.717) is 5.56 Å². The first-order valence-corrected chi connectivity index (χ1v) is 8.51. The molecule has 0 bridgehead atoms. The lowest BCUT2D eigenvalue weighted by atomic mass is 9.80. The standard InChI is InChI=1S/C20H19F3N2O2/c1-13(27)25-20(10-16(22)12-26,14-5-3-2-4-6-14)11-19(24-25)17-9-15(21)7-8-18(17)23/h2-9,16,26H,10-12H2,1H3/t16?,20-/m0/s1. The third-order valence-electron chi connectivity index (χ3n) is 4.69. The van der Waals surface area contributed by atoms with Gasteiger partial charge in [-0.2, -0.15) is 5.10 Å². The Kier molecular flexibility index (Phi) is 5.32. The highest BCUT2D eigenvalue weighted by Gasteiger charge is 2.48. The molecule has 2 aromatic rings. The highest BCUT2D eigenvalue weighted by molar-refractivity contribution is 6.03. The van der Waals surface area contributed by atoms with Gasteiger partial charge >= 0.3 is 0 Å². The molecule has 0 aromatic heterocycles. The van der Waals surface area contributed by atoms with E-state index in [1.54, 1.807) is 30.3 Å². The van der Waals surface area contributed by atoms with Crippen LogP contribution in [0, 0.1) is 11.6 Å². The van der Waals surface area contributed by atoms with Gasteiger partial charge in [0, 0.05) is 25.3 Å². The van der Waals surface area contributed by atoms with Crippen LogP contribution >= 0.6 is 0 Å². The van der Waals surface area contributed by atoms with Gasteiger partial charge in [0.25, 0.3) is 0 Å². The molecule has 1 amide bonds. The second-order valence-electron chi connectivity index (χ2n) is 6.56. The van der Waals surface area contributed by atoms with Gasteiger partial charge in [0.1, 0.15) is 17.8 Å². The first kappa shape index (κ1) is 19.1. The molecular weight excluding hydrogens is 357 g/mol. The summed E-state index contributed by atoms with van der Waals surface area (Å²) in [6.07, 6.45) is -1.84. The summed E-state index contributed by atoms with van der Waals surface area (Å²) in [7, 11) is 0. The van der Waals surface area contributed by atoms with Crippen molar-refractivity contribution in [2.45, 2.75) is 31.5 Å². The molecule has 0 saturated carbocycles. The van der Waals surface area contributed by atoms with Crippen molar-refractivity contribution in [1.82, 2.24) is 5.01 Å². The molecule has 0 saturated heterocycles. The van der Waals surface area contributed by atoms with Crippen LogP contribution in [-0.4, -0.2) is 34.5 Å². The maximum atomic E-state index is 14.3. The minimum Gasteiger partial charge on any atom is -0.393 e. The van der Waals surface area contributed by atoms with Crippen molar-refractivity contribution < 1.29 is 23.1 Å². The molecule has 1 N–H and O–H groups in total. The summed E-state index contributed by atoms with van der Waals surface area (Å²) < 4.78 is 42.2. The van der Waals surface area contributed by atoms with E-state index in [9.17, 15) is 23.1 Å². The summed E-state index contributed by atoms with van der Waals surface area (Å²) in [5, 5.41) is 14.6. The number of hydrogen-bond acceptors (Lipinski definition) is 3. The minimum absolute atomic E-state index is 0.00259. The topological polar surface area (TPSA) is 52.9 Å². The number of halogens is 3. The summed E-state index contributed by atoms with van der Waals surface area (Å²) >= 11 is 0. The average molecular weight is 376 g/mol. The molecule has 1 unspecified atom stereocenters. The van der Waals surface area contributed by atoms with Crippen molar-refractivity contribution in [2.24, 2.45) is 5.10 Å². The molecular formula is C20H19F3N2O2. The number of benzene rings is 2. The fourth-order valence-corrected chi connectivity index (χ4v) is 3.52. The van der Waals surface area contributed by atoms with Gasteiger partial charge in [0.2, 0.25) is 5.91 Å². The number of aliphatic hydroxyl groups is 1. The lowest BCUT2D eigenvalue weighted by molar-refractivity contribution is -0.135. The zero-order valence-corrected chi connectivity index (χ0v) is 14.7.